The minimum Gasteiger partial charge on any atom is -0.497 e. The molecule has 0 aliphatic carbocycles. The Morgan fingerprint density at radius 1 is 1.43 bits per heavy atom. The first-order valence-corrected chi connectivity index (χ1v) is 8.30. The molecule has 0 bridgehead atoms. The van der Waals surface area contributed by atoms with Gasteiger partial charge in [0.05, 0.1) is 18.8 Å². The highest BCUT2D eigenvalue weighted by Crippen LogP contribution is 2.21. The number of benzene rings is 1. The van der Waals surface area contributed by atoms with Crippen molar-refractivity contribution in [3.05, 3.63) is 40.4 Å². The van der Waals surface area contributed by atoms with Gasteiger partial charge in [0.15, 0.2) is 5.13 Å². The van der Waals surface area contributed by atoms with Crippen LogP contribution >= 0.6 is 11.3 Å². The molecule has 5 nitrogen and oxygen atoms in total. The molecule has 0 saturated heterocycles. The SMILES string of the molecule is COc1cccc(CN(C)[C@@H](C)C(=O)Nc2nc(C)c(C)s2)c1. The molecular weight excluding hydrogens is 310 g/mol. The van der Waals surface area contributed by atoms with Crippen LogP contribution < -0.4 is 10.1 Å². The van der Waals surface area contributed by atoms with Crippen LogP contribution in [0.1, 0.15) is 23.1 Å². The molecule has 1 N–H and O–H groups in total. The van der Waals surface area contributed by atoms with Crippen molar-refractivity contribution >= 4 is 22.4 Å². The molecule has 23 heavy (non-hydrogen) atoms. The summed E-state index contributed by atoms with van der Waals surface area (Å²) >= 11 is 1.50. The monoisotopic (exact) mass is 333 g/mol. The Balaban J connectivity index is 1.97. The maximum Gasteiger partial charge on any atom is 0.243 e. The molecule has 6 heteroatoms. The topological polar surface area (TPSA) is 54.5 Å². The largest absolute Gasteiger partial charge is 0.497 e. The van der Waals surface area contributed by atoms with Crippen molar-refractivity contribution in [2.24, 2.45) is 0 Å². The molecule has 124 valence electrons. The lowest BCUT2D eigenvalue weighted by Crippen LogP contribution is -2.39. The van der Waals surface area contributed by atoms with Crippen LogP contribution in [0.2, 0.25) is 0 Å². The Hall–Kier alpha value is -1.92. The summed E-state index contributed by atoms with van der Waals surface area (Å²) < 4.78 is 5.23. The van der Waals surface area contributed by atoms with Crippen LogP contribution in [0.25, 0.3) is 0 Å². The summed E-state index contributed by atoms with van der Waals surface area (Å²) in [5, 5.41) is 3.55. The molecule has 2 aromatic rings. The van der Waals surface area contributed by atoms with E-state index in [1.54, 1.807) is 7.11 Å². The average molecular weight is 333 g/mol. The Kier molecular flexibility index (Phi) is 5.74. The molecule has 1 aromatic carbocycles. The number of carbonyl (C=O) groups is 1. The predicted octanol–water partition coefficient (Wildman–Crippen LogP) is 3.23. The minimum absolute atomic E-state index is 0.0517. The van der Waals surface area contributed by atoms with E-state index in [9.17, 15) is 4.79 Å². The molecule has 0 unspecified atom stereocenters. The smallest absolute Gasteiger partial charge is 0.243 e. The molecule has 0 aliphatic heterocycles. The van der Waals surface area contributed by atoms with Gasteiger partial charge >= 0.3 is 0 Å². The summed E-state index contributed by atoms with van der Waals surface area (Å²) in [7, 11) is 3.58. The molecule has 1 aromatic heterocycles. The van der Waals surface area contributed by atoms with Gasteiger partial charge in [0.1, 0.15) is 5.75 Å². The van der Waals surface area contributed by atoms with Gasteiger partial charge in [0, 0.05) is 11.4 Å². The number of anilines is 1. The molecule has 2 rings (SSSR count). The summed E-state index contributed by atoms with van der Waals surface area (Å²) in [6.07, 6.45) is 0. The maximum atomic E-state index is 12.4. The second-order valence-corrected chi connectivity index (χ2v) is 6.80. The fourth-order valence-electron chi connectivity index (χ4n) is 2.13. The van der Waals surface area contributed by atoms with E-state index >= 15 is 0 Å². The highest BCUT2D eigenvalue weighted by molar-refractivity contribution is 7.15. The second kappa shape index (κ2) is 7.57. The van der Waals surface area contributed by atoms with E-state index in [-0.39, 0.29) is 11.9 Å². The van der Waals surface area contributed by atoms with Crippen LogP contribution in [0.3, 0.4) is 0 Å². The lowest BCUT2D eigenvalue weighted by atomic mass is 10.2. The third-order valence-corrected chi connectivity index (χ3v) is 4.85. The average Bonchev–Trinajstić information content (AvgIpc) is 2.84. The van der Waals surface area contributed by atoms with Crippen molar-refractivity contribution in [3.63, 3.8) is 0 Å². The van der Waals surface area contributed by atoms with Gasteiger partial charge < -0.3 is 10.1 Å². The Morgan fingerprint density at radius 2 is 2.17 bits per heavy atom. The summed E-state index contributed by atoms with van der Waals surface area (Å²) in [6.45, 7) is 6.51. The maximum absolute atomic E-state index is 12.4. The Labute approximate surface area is 141 Å². The number of methoxy groups -OCH3 is 1. The number of hydrogen-bond acceptors (Lipinski definition) is 5. The van der Waals surface area contributed by atoms with Gasteiger partial charge in [-0.15, -0.1) is 11.3 Å². The number of hydrogen-bond donors (Lipinski definition) is 1. The number of likely N-dealkylation sites (N-methyl/N-ethyl adjacent to an activating group) is 1. The van der Waals surface area contributed by atoms with Crippen LogP contribution in [0.15, 0.2) is 24.3 Å². The van der Waals surface area contributed by atoms with E-state index in [0.717, 1.165) is 21.9 Å². The summed E-state index contributed by atoms with van der Waals surface area (Å²) in [5.74, 6) is 0.769. The summed E-state index contributed by atoms with van der Waals surface area (Å²) in [4.78, 5) is 19.8. The molecule has 0 radical (unpaired) electrons. The molecular formula is C17H23N3O2S. The normalized spacial score (nSPS) is 12.3. The van der Waals surface area contributed by atoms with E-state index < -0.39 is 0 Å². The highest BCUT2D eigenvalue weighted by atomic mass is 32.1. The molecule has 0 aliphatic rings. The van der Waals surface area contributed by atoms with Gasteiger partial charge in [-0.3, -0.25) is 9.69 Å². The highest BCUT2D eigenvalue weighted by Gasteiger charge is 2.19. The van der Waals surface area contributed by atoms with E-state index in [2.05, 4.69) is 10.3 Å². The number of carbonyl (C=O) groups excluding carboxylic acids is 1. The number of aromatic nitrogens is 1. The van der Waals surface area contributed by atoms with Crippen LogP contribution in [-0.4, -0.2) is 36.0 Å². The summed E-state index contributed by atoms with van der Waals surface area (Å²) in [5.41, 5.74) is 2.06. The zero-order chi connectivity index (χ0) is 17.0. The standard InChI is InChI=1S/C17H23N3O2S/c1-11-13(3)23-17(18-11)19-16(21)12(2)20(4)10-14-7-6-8-15(9-14)22-5/h6-9,12H,10H2,1-5H3,(H,18,19,21)/t12-/m0/s1. The molecule has 0 fully saturated rings. The summed E-state index contributed by atoms with van der Waals surface area (Å²) in [6, 6.07) is 7.61. The van der Waals surface area contributed by atoms with Crippen molar-refractivity contribution in [2.75, 3.05) is 19.5 Å². The predicted molar refractivity (Wildman–Crippen MR) is 94.1 cm³/mol. The number of aryl methyl sites for hydroxylation is 2. The molecule has 1 atom stereocenters. The van der Waals surface area contributed by atoms with Crippen molar-refractivity contribution in [3.8, 4) is 5.75 Å². The number of amides is 1. The van der Waals surface area contributed by atoms with E-state index in [1.165, 1.54) is 11.3 Å². The fraction of sp³-hybridized carbons (Fsp3) is 0.412. The van der Waals surface area contributed by atoms with Crippen LogP contribution in [-0.2, 0) is 11.3 Å². The first-order chi connectivity index (χ1) is 10.9. The zero-order valence-corrected chi connectivity index (χ0v) is 15.0. The first-order valence-electron chi connectivity index (χ1n) is 7.48. The lowest BCUT2D eigenvalue weighted by molar-refractivity contribution is -0.120. The van der Waals surface area contributed by atoms with Crippen molar-refractivity contribution in [1.82, 2.24) is 9.88 Å². The number of ether oxygens (including phenoxy) is 1. The van der Waals surface area contributed by atoms with Gasteiger partial charge in [-0.1, -0.05) is 12.1 Å². The van der Waals surface area contributed by atoms with Gasteiger partial charge in [0.2, 0.25) is 5.91 Å². The van der Waals surface area contributed by atoms with Gasteiger partial charge in [0.25, 0.3) is 0 Å². The molecule has 1 heterocycles. The van der Waals surface area contributed by atoms with Crippen LogP contribution in [0, 0.1) is 13.8 Å². The van der Waals surface area contributed by atoms with Crippen LogP contribution in [0.5, 0.6) is 5.75 Å². The number of thiazole rings is 1. The van der Waals surface area contributed by atoms with E-state index in [4.69, 9.17) is 4.74 Å². The Bertz CT molecular complexity index is 665. The van der Waals surface area contributed by atoms with Gasteiger partial charge in [-0.2, -0.15) is 0 Å². The third-order valence-electron chi connectivity index (χ3n) is 3.87. The zero-order valence-electron chi connectivity index (χ0n) is 14.2. The number of nitrogens with one attached hydrogen (secondary N) is 1. The number of rotatable bonds is 6. The Morgan fingerprint density at radius 3 is 2.78 bits per heavy atom. The van der Waals surface area contributed by atoms with Crippen molar-refractivity contribution in [2.45, 2.75) is 33.4 Å². The van der Waals surface area contributed by atoms with E-state index in [1.807, 2.05) is 57.0 Å². The quantitative estimate of drug-likeness (QED) is 0.882. The fourth-order valence-corrected chi connectivity index (χ4v) is 2.95. The third kappa shape index (κ3) is 4.53. The second-order valence-electron chi connectivity index (χ2n) is 5.59. The molecule has 0 saturated carbocycles. The van der Waals surface area contributed by atoms with Crippen molar-refractivity contribution < 1.29 is 9.53 Å². The lowest BCUT2D eigenvalue weighted by Gasteiger charge is -2.23. The number of nitrogens with zero attached hydrogens (tertiary/aromatic N) is 2. The van der Waals surface area contributed by atoms with Gasteiger partial charge in [-0.25, -0.2) is 4.98 Å². The van der Waals surface area contributed by atoms with Crippen LogP contribution in [0.4, 0.5) is 5.13 Å². The molecule has 0 spiro atoms. The molecule has 1 amide bonds. The van der Waals surface area contributed by atoms with E-state index in [0.29, 0.717) is 11.7 Å². The minimum atomic E-state index is -0.259. The first kappa shape index (κ1) is 17.4. The van der Waals surface area contributed by atoms with Gasteiger partial charge in [-0.05, 0) is 45.5 Å². The van der Waals surface area contributed by atoms with Crippen molar-refractivity contribution in [1.29, 1.82) is 0 Å².